The van der Waals surface area contributed by atoms with Crippen LogP contribution in [0.2, 0.25) is 0 Å². The van der Waals surface area contributed by atoms with E-state index in [2.05, 4.69) is 21.9 Å². The summed E-state index contributed by atoms with van der Waals surface area (Å²) in [6, 6.07) is 5.74. The summed E-state index contributed by atoms with van der Waals surface area (Å²) in [6.45, 7) is 4.28. The van der Waals surface area contributed by atoms with Gasteiger partial charge in [-0.05, 0) is 23.8 Å². The van der Waals surface area contributed by atoms with Crippen molar-refractivity contribution in [2.75, 3.05) is 17.6 Å². The molecule has 0 spiro atoms. The first kappa shape index (κ1) is 11.1. The predicted molar refractivity (Wildman–Crippen MR) is 70.6 cm³/mol. The van der Waals surface area contributed by atoms with Crippen molar-refractivity contribution in [1.29, 1.82) is 0 Å². The Labute approximate surface area is 100 Å². The lowest BCUT2D eigenvalue weighted by Gasteiger charge is -2.08. The number of rotatable bonds is 4. The second-order valence-corrected chi connectivity index (χ2v) is 3.57. The van der Waals surface area contributed by atoms with E-state index in [0.717, 1.165) is 11.1 Å². The summed E-state index contributed by atoms with van der Waals surface area (Å²) >= 11 is 0. The molecular formula is C13H14N4. The first-order valence-electron chi connectivity index (χ1n) is 5.32. The van der Waals surface area contributed by atoms with Crippen molar-refractivity contribution in [3.8, 4) is 11.1 Å². The number of nitrogen functional groups attached to an aromatic ring is 1. The minimum absolute atomic E-state index is 0.626. The summed E-state index contributed by atoms with van der Waals surface area (Å²) < 4.78 is 0. The molecule has 0 aromatic carbocycles. The molecule has 2 aromatic heterocycles. The fourth-order valence-corrected chi connectivity index (χ4v) is 1.50. The number of nitrogens with zero attached hydrogens (tertiary/aromatic N) is 2. The normalized spacial score (nSPS) is 9.88. The highest BCUT2D eigenvalue weighted by atomic mass is 15.0. The van der Waals surface area contributed by atoms with Gasteiger partial charge in [0.2, 0.25) is 0 Å². The molecule has 0 radical (unpaired) electrons. The zero-order valence-corrected chi connectivity index (χ0v) is 9.43. The van der Waals surface area contributed by atoms with E-state index >= 15 is 0 Å². The summed E-state index contributed by atoms with van der Waals surface area (Å²) in [5, 5.41) is 3.07. The van der Waals surface area contributed by atoms with Crippen LogP contribution in [0, 0.1) is 0 Å². The van der Waals surface area contributed by atoms with Gasteiger partial charge in [-0.2, -0.15) is 0 Å². The maximum Gasteiger partial charge on any atom is 0.149 e. The predicted octanol–water partition coefficient (Wildman–Crippen LogP) is 2.32. The van der Waals surface area contributed by atoms with Crippen LogP contribution in [0.4, 0.5) is 11.5 Å². The molecule has 0 unspecified atom stereocenters. The summed E-state index contributed by atoms with van der Waals surface area (Å²) in [7, 11) is 0. The van der Waals surface area contributed by atoms with Gasteiger partial charge in [0.1, 0.15) is 5.82 Å². The minimum Gasteiger partial charge on any atom is -0.396 e. The number of nitrogens with two attached hydrogens (primary N) is 1. The molecule has 0 amide bonds. The second kappa shape index (κ2) is 5.12. The fourth-order valence-electron chi connectivity index (χ4n) is 1.50. The van der Waals surface area contributed by atoms with E-state index in [1.54, 1.807) is 24.7 Å². The topological polar surface area (TPSA) is 63.8 Å². The number of anilines is 2. The summed E-state index contributed by atoms with van der Waals surface area (Å²) in [4.78, 5) is 8.26. The van der Waals surface area contributed by atoms with Crippen molar-refractivity contribution in [1.82, 2.24) is 9.97 Å². The van der Waals surface area contributed by atoms with Gasteiger partial charge in [-0.25, -0.2) is 4.98 Å². The Morgan fingerprint density at radius 1 is 1.29 bits per heavy atom. The van der Waals surface area contributed by atoms with E-state index < -0.39 is 0 Å². The molecule has 3 N–H and O–H groups in total. The first-order chi connectivity index (χ1) is 8.31. The van der Waals surface area contributed by atoms with Crippen molar-refractivity contribution in [3.63, 3.8) is 0 Å². The van der Waals surface area contributed by atoms with Crippen molar-refractivity contribution in [2.45, 2.75) is 0 Å². The van der Waals surface area contributed by atoms with E-state index in [-0.39, 0.29) is 0 Å². The summed E-state index contributed by atoms with van der Waals surface area (Å²) in [5.74, 6) is 0.683. The second-order valence-electron chi connectivity index (χ2n) is 3.57. The van der Waals surface area contributed by atoms with E-state index in [1.165, 1.54) is 0 Å². The van der Waals surface area contributed by atoms with Crippen LogP contribution < -0.4 is 11.1 Å². The van der Waals surface area contributed by atoms with E-state index in [0.29, 0.717) is 18.1 Å². The van der Waals surface area contributed by atoms with Crippen LogP contribution in [0.15, 0.2) is 49.4 Å². The molecule has 0 aliphatic carbocycles. The molecule has 17 heavy (non-hydrogen) atoms. The van der Waals surface area contributed by atoms with Gasteiger partial charge in [0.05, 0.1) is 5.69 Å². The SMILES string of the molecule is C=CCNc1ncc(-c2ccncc2)cc1N. The number of hydrogen-bond donors (Lipinski definition) is 2. The zero-order chi connectivity index (χ0) is 12.1. The Hall–Kier alpha value is -2.36. The Kier molecular flexibility index (Phi) is 3.35. The largest absolute Gasteiger partial charge is 0.396 e. The van der Waals surface area contributed by atoms with Gasteiger partial charge in [0.15, 0.2) is 0 Å². The highest BCUT2D eigenvalue weighted by molar-refractivity contribution is 5.72. The average Bonchev–Trinajstić information content (AvgIpc) is 2.38. The van der Waals surface area contributed by atoms with Crippen LogP contribution in [0.5, 0.6) is 0 Å². The monoisotopic (exact) mass is 226 g/mol. The molecular weight excluding hydrogens is 212 g/mol. The van der Waals surface area contributed by atoms with E-state index in [1.807, 2.05) is 18.2 Å². The zero-order valence-electron chi connectivity index (χ0n) is 9.43. The van der Waals surface area contributed by atoms with Crippen molar-refractivity contribution in [2.24, 2.45) is 0 Å². The van der Waals surface area contributed by atoms with Crippen LogP contribution in [0.1, 0.15) is 0 Å². The number of aromatic nitrogens is 2. The highest BCUT2D eigenvalue weighted by Crippen LogP contribution is 2.23. The molecule has 0 saturated carbocycles. The lowest BCUT2D eigenvalue weighted by Crippen LogP contribution is -2.04. The lowest BCUT2D eigenvalue weighted by atomic mass is 10.1. The van der Waals surface area contributed by atoms with Gasteiger partial charge in [-0.15, -0.1) is 6.58 Å². The smallest absolute Gasteiger partial charge is 0.149 e. The third-order valence-electron chi connectivity index (χ3n) is 2.34. The van der Waals surface area contributed by atoms with Crippen LogP contribution in [0.25, 0.3) is 11.1 Å². The molecule has 4 heteroatoms. The molecule has 0 atom stereocenters. The van der Waals surface area contributed by atoms with Gasteiger partial charge >= 0.3 is 0 Å². The molecule has 0 saturated heterocycles. The van der Waals surface area contributed by atoms with Gasteiger partial charge in [-0.1, -0.05) is 6.08 Å². The molecule has 0 aliphatic heterocycles. The standard InChI is InChI=1S/C13H14N4/c1-2-5-16-13-12(14)8-11(9-17-13)10-3-6-15-7-4-10/h2-4,6-9H,1,5,14H2,(H,16,17). The molecule has 4 nitrogen and oxygen atoms in total. The van der Waals surface area contributed by atoms with E-state index in [9.17, 15) is 0 Å². The molecule has 2 rings (SSSR count). The first-order valence-corrected chi connectivity index (χ1v) is 5.32. The Bertz CT molecular complexity index is 508. The third-order valence-corrected chi connectivity index (χ3v) is 2.34. The Morgan fingerprint density at radius 3 is 2.71 bits per heavy atom. The molecule has 2 heterocycles. The highest BCUT2D eigenvalue weighted by Gasteiger charge is 2.03. The molecule has 0 bridgehead atoms. The number of pyridine rings is 2. The fraction of sp³-hybridized carbons (Fsp3) is 0.0769. The van der Waals surface area contributed by atoms with Gasteiger partial charge in [0.25, 0.3) is 0 Å². The van der Waals surface area contributed by atoms with Crippen molar-refractivity contribution in [3.05, 3.63) is 49.4 Å². The summed E-state index contributed by atoms with van der Waals surface area (Å²) in [6.07, 6.45) is 7.04. The van der Waals surface area contributed by atoms with Crippen molar-refractivity contribution >= 4 is 11.5 Å². The Balaban J connectivity index is 2.28. The minimum atomic E-state index is 0.626. The van der Waals surface area contributed by atoms with Gasteiger partial charge in [-0.3, -0.25) is 4.98 Å². The maximum absolute atomic E-state index is 5.92. The maximum atomic E-state index is 5.92. The van der Waals surface area contributed by atoms with Crippen LogP contribution in [-0.2, 0) is 0 Å². The Morgan fingerprint density at radius 2 is 2.06 bits per heavy atom. The van der Waals surface area contributed by atoms with Crippen molar-refractivity contribution < 1.29 is 0 Å². The molecule has 0 fully saturated rings. The van der Waals surface area contributed by atoms with E-state index in [4.69, 9.17) is 5.73 Å². The lowest BCUT2D eigenvalue weighted by molar-refractivity contribution is 1.23. The van der Waals surface area contributed by atoms with Crippen LogP contribution in [-0.4, -0.2) is 16.5 Å². The average molecular weight is 226 g/mol. The third kappa shape index (κ3) is 2.60. The van der Waals surface area contributed by atoms with Gasteiger partial charge in [0, 0.05) is 30.7 Å². The molecule has 0 aliphatic rings. The van der Waals surface area contributed by atoms with Gasteiger partial charge < -0.3 is 11.1 Å². The molecule has 2 aromatic rings. The quantitative estimate of drug-likeness (QED) is 0.785. The molecule has 86 valence electrons. The van der Waals surface area contributed by atoms with Crippen LogP contribution in [0.3, 0.4) is 0 Å². The number of nitrogens with one attached hydrogen (secondary N) is 1. The summed E-state index contributed by atoms with van der Waals surface area (Å²) in [5.41, 5.74) is 8.58. The number of hydrogen-bond acceptors (Lipinski definition) is 4. The van der Waals surface area contributed by atoms with Crippen LogP contribution >= 0.6 is 0 Å².